The first-order chi connectivity index (χ1) is 23.8. The summed E-state index contributed by atoms with van der Waals surface area (Å²) >= 11 is 0. The average Bonchev–Trinajstić information content (AvgIpc) is 3.18. The first-order valence-electron chi connectivity index (χ1n) is 16.1. The first kappa shape index (κ1) is 27.8. The summed E-state index contributed by atoms with van der Waals surface area (Å²) in [5.41, 5.74) is 8.64. The van der Waals surface area contributed by atoms with E-state index in [0.29, 0.717) is 11.6 Å². The average molecular weight is 613 g/mol. The number of hydrogen-bond acceptors (Lipinski definition) is 4. The van der Waals surface area contributed by atoms with Gasteiger partial charge < -0.3 is 0 Å². The second kappa shape index (κ2) is 11.7. The van der Waals surface area contributed by atoms with E-state index < -0.39 is 0 Å². The van der Waals surface area contributed by atoms with Crippen LogP contribution in [0.3, 0.4) is 0 Å². The molecule has 0 spiro atoms. The molecule has 0 aliphatic heterocycles. The van der Waals surface area contributed by atoms with Gasteiger partial charge in [0.1, 0.15) is 0 Å². The van der Waals surface area contributed by atoms with E-state index in [4.69, 9.17) is 19.9 Å². The highest BCUT2D eigenvalue weighted by Gasteiger charge is 2.16. The van der Waals surface area contributed by atoms with E-state index in [-0.39, 0.29) is 0 Å². The summed E-state index contributed by atoms with van der Waals surface area (Å²) in [5.74, 6) is 1.38. The Kier molecular flexibility index (Phi) is 6.76. The molecule has 4 nitrogen and oxygen atoms in total. The molecule has 0 unspecified atom stereocenters. The number of rotatable bonds is 5. The van der Waals surface area contributed by atoms with Crippen molar-refractivity contribution in [3.05, 3.63) is 170 Å². The second-order valence-electron chi connectivity index (χ2n) is 11.9. The standard InChI is InChI=1S/C44H28N4/c1-3-13-31(14-4-1)39-28-40(46-43(45-39)33-15-5-2-6-16-33)32-20-22-34(23-21-32)44-47-41(36-24-19-29-11-7-8-17-35(29)27-36)38-26-25-30-12-9-10-18-37(30)42(38)48-44/h1-28H. The lowest BCUT2D eigenvalue weighted by molar-refractivity contribution is 1.18. The van der Waals surface area contributed by atoms with Crippen molar-refractivity contribution in [2.75, 3.05) is 0 Å². The molecule has 0 saturated heterocycles. The van der Waals surface area contributed by atoms with Crippen LogP contribution in [-0.4, -0.2) is 19.9 Å². The predicted molar refractivity (Wildman–Crippen MR) is 197 cm³/mol. The minimum absolute atomic E-state index is 0.686. The maximum atomic E-state index is 5.23. The van der Waals surface area contributed by atoms with Crippen molar-refractivity contribution < 1.29 is 0 Å². The molecule has 0 saturated carbocycles. The van der Waals surface area contributed by atoms with Gasteiger partial charge in [0, 0.05) is 38.6 Å². The van der Waals surface area contributed by atoms with Gasteiger partial charge in [-0.15, -0.1) is 0 Å². The van der Waals surface area contributed by atoms with Crippen LogP contribution in [0.5, 0.6) is 0 Å². The van der Waals surface area contributed by atoms with Crippen molar-refractivity contribution in [1.29, 1.82) is 0 Å². The minimum atomic E-state index is 0.686. The van der Waals surface area contributed by atoms with Crippen LogP contribution in [0.4, 0.5) is 0 Å². The Labute approximate surface area is 278 Å². The zero-order chi connectivity index (χ0) is 31.9. The molecule has 2 heterocycles. The summed E-state index contributed by atoms with van der Waals surface area (Å²) in [5, 5.41) is 5.69. The van der Waals surface area contributed by atoms with Crippen molar-refractivity contribution in [1.82, 2.24) is 19.9 Å². The lowest BCUT2D eigenvalue weighted by atomic mass is 9.99. The summed E-state index contributed by atoms with van der Waals surface area (Å²) < 4.78 is 0. The van der Waals surface area contributed by atoms with Crippen molar-refractivity contribution in [3.63, 3.8) is 0 Å². The Morgan fingerprint density at radius 1 is 0.292 bits per heavy atom. The first-order valence-corrected chi connectivity index (χ1v) is 16.1. The topological polar surface area (TPSA) is 51.6 Å². The molecular formula is C44H28N4. The smallest absolute Gasteiger partial charge is 0.160 e. The molecule has 9 aromatic rings. The summed E-state index contributed by atoms with van der Waals surface area (Å²) in [6.45, 7) is 0. The number of hydrogen-bond donors (Lipinski definition) is 0. The molecule has 9 rings (SSSR count). The van der Waals surface area contributed by atoms with Crippen molar-refractivity contribution in [3.8, 4) is 56.5 Å². The van der Waals surface area contributed by atoms with Gasteiger partial charge in [-0.1, -0.05) is 152 Å². The van der Waals surface area contributed by atoms with Crippen LogP contribution in [0.1, 0.15) is 0 Å². The fourth-order valence-corrected chi connectivity index (χ4v) is 6.41. The fourth-order valence-electron chi connectivity index (χ4n) is 6.41. The predicted octanol–water partition coefficient (Wildman–Crippen LogP) is 11.1. The molecule has 0 radical (unpaired) electrons. The molecule has 0 N–H and O–H groups in total. The van der Waals surface area contributed by atoms with Gasteiger partial charge in [0.2, 0.25) is 0 Å². The summed E-state index contributed by atoms with van der Waals surface area (Å²) in [6, 6.07) is 58.6. The van der Waals surface area contributed by atoms with Crippen LogP contribution < -0.4 is 0 Å². The van der Waals surface area contributed by atoms with Crippen LogP contribution in [-0.2, 0) is 0 Å². The SMILES string of the molecule is c1ccc(-c2cc(-c3ccc(-c4nc(-c5ccc6ccccc6c5)c5ccc6ccccc6c5n4)cc3)nc(-c3ccccc3)n2)cc1. The molecule has 0 atom stereocenters. The van der Waals surface area contributed by atoms with E-state index in [1.54, 1.807) is 0 Å². The van der Waals surface area contributed by atoms with Gasteiger partial charge >= 0.3 is 0 Å². The Bertz CT molecular complexity index is 2540. The van der Waals surface area contributed by atoms with Crippen LogP contribution in [0, 0.1) is 0 Å². The van der Waals surface area contributed by atoms with Crippen molar-refractivity contribution in [2.45, 2.75) is 0 Å². The monoisotopic (exact) mass is 612 g/mol. The maximum Gasteiger partial charge on any atom is 0.160 e. The molecule has 0 bridgehead atoms. The summed E-state index contributed by atoms with van der Waals surface area (Å²) in [4.78, 5) is 20.4. The number of fused-ring (bicyclic) bond motifs is 4. The van der Waals surface area contributed by atoms with E-state index in [1.165, 1.54) is 10.8 Å². The number of aromatic nitrogens is 4. The van der Waals surface area contributed by atoms with Crippen molar-refractivity contribution in [2.24, 2.45) is 0 Å². The third-order valence-corrected chi connectivity index (χ3v) is 8.88. The van der Waals surface area contributed by atoms with E-state index >= 15 is 0 Å². The van der Waals surface area contributed by atoms with E-state index in [2.05, 4.69) is 121 Å². The van der Waals surface area contributed by atoms with Crippen LogP contribution in [0.25, 0.3) is 89.0 Å². The van der Waals surface area contributed by atoms with Gasteiger partial charge in [-0.3, -0.25) is 0 Å². The number of benzene rings is 7. The summed E-state index contributed by atoms with van der Waals surface area (Å²) in [6.07, 6.45) is 0. The third kappa shape index (κ3) is 5.06. The van der Waals surface area contributed by atoms with Crippen LogP contribution in [0.2, 0.25) is 0 Å². The molecule has 0 aliphatic carbocycles. The Hall–Kier alpha value is -6.52. The van der Waals surface area contributed by atoms with Gasteiger partial charge in [-0.2, -0.15) is 0 Å². The Morgan fingerprint density at radius 3 is 1.56 bits per heavy atom. The molecule has 2 aromatic heterocycles. The number of nitrogens with zero attached hydrogens (tertiary/aromatic N) is 4. The van der Waals surface area contributed by atoms with E-state index in [9.17, 15) is 0 Å². The maximum absolute atomic E-state index is 5.23. The van der Waals surface area contributed by atoms with Gasteiger partial charge in [-0.25, -0.2) is 19.9 Å². The van der Waals surface area contributed by atoms with Gasteiger partial charge in [0.25, 0.3) is 0 Å². The zero-order valence-corrected chi connectivity index (χ0v) is 26.0. The molecule has 7 aromatic carbocycles. The van der Waals surface area contributed by atoms with Crippen LogP contribution in [0.15, 0.2) is 170 Å². The molecule has 48 heavy (non-hydrogen) atoms. The fraction of sp³-hybridized carbons (Fsp3) is 0. The lowest BCUT2D eigenvalue weighted by Gasteiger charge is -2.13. The van der Waals surface area contributed by atoms with E-state index in [1.807, 2.05) is 48.5 Å². The highest BCUT2D eigenvalue weighted by Crippen LogP contribution is 2.35. The molecule has 4 heteroatoms. The molecule has 224 valence electrons. The van der Waals surface area contributed by atoms with Crippen LogP contribution >= 0.6 is 0 Å². The highest BCUT2D eigenvalue weighted by atomic mass is 14.9. The molecular weight excluding hydrogens is 585 g/mol. The normalized spacial score (nSPS) is 11.3. The Morgan fingerprint density at radius 2 is 0.812 bits per heavy atom. The Balaban J connectivity index is 1.19. The summed E-state index contributed by atoms with van der Waals surface area (Å²) in [7, 11) is 0. The molecule has 0 amide bonds. The second-order valence-corrected chi connectivity index (χ2v) is 11.9. The minimum Gasteiger partial charge on any atom is -0.228 e. The third-order valence-electron chi connectivity index (χ3n) is 8.88. The quantitative estimate of drug-likeness (QED) is 0.181. The van der Waals surface area contributed by atoms with Gasteiger partial charge in [0.15, 0.2) is 11.6 Å². The highest BCUT2D eigenvalue weighted by molar-refractivity contribution is 6.10. The molecule has 0 fully saturated rings. The zero-order valence-electron chi connectivity index (χ0n) is 26.0. The van der Waals surface area contributed by atoms with Crippen molar-refractivity contribution >= 4 is 32.4 Å². The lowest BCUT2D eigenvalue weighted by Crippen LogP contribution is -1.97. The van der Waals surface area contributed by atoms with Gasteiger partial charge in [0.05, 0.1) is 22.6 Å². The van der Waals surface area contributed by atoms with Gasteiger partial charge in [-0.05, 0) is 34.4 Å². The molecule has 0 aliphatic rings. The van der Waals surface area contributed by atoms with E-state index in [0.717, 1.165) is 66.6 Å². The largest absolute Gasteiger partial charge is 0.228 e.